The Morgan fingerprint density at radius 2 is 1.62 bits per heavy atom. The van der Waals surface area contributed by atoms with Gasteiger partial charge < -0.3 is 4.72 Å². The Hall–Kier alpha value is -2.07. The van der Waals surface area contributed by atoms with E-state index in [1.54, 1.807) is 11.9 Å². The van der Waals surface area contributed by atoms with Crippen molar-refractivity contribution in [3.8, 4) is 0 Å². The van der Waals surface area contributed by atoms with Crippen molar-refractivity contribution in [3.05, 3.63) is 59.8 Å². The largest absolute Gasteiger partial charge is 0.309 e. The van der Waals surface area contributed by atoms with Crippen LogP contribution in [-0.2, 0) is 6.42 Å². The first-order valence-corrected chi connectivity index (χ1v) is 7.83. The zero-order valence-electron chi connectivity index (χ0n) is 12.1. The minimum Gasteiger partial charge on any atom is -0.309 e. The van der Waals surface area contributed by atoms with E-state index in [2.05, 4.69) is 52.8 Å². The van der Waals surface area contributed by atoms with Crippen LogP contribution in [0.25, 0.3) is 11.0 Å². The second kappa shape index (κ2) is 6.14. The fraction of sp³-hybridized carbons (Fsp3) is 0.176. The second-order valence-corrected chi connectivity index (χ2v) is 5.76. The van der Waals surface area contributed by atoms with Crippen molar-refractivity contribution >= 4 is 28.8 Å². The Kier molecular flexibility index (Phi) is 4.06. The van der Waals surface area contributed by atoms with Crippen LogP contribution in [0.5, 0.6) is 0 Å². The average Bonchev–Trinajstić information content (AvgIpc) is 2.53. The molecular formula is C17H17N3S. The van der Waals surface area contributed by atoms with Crippen LogP contribution in [0.3, 0.4) is 0 Å². The van der Waals surface area contributed by atoms with Crippen molar-refractivity contribution < 1.29 is 0 Å². The van der Waals surface area contributed by atoms with E-state index in [0.29, 0.717) is 0 Å². The lowest BCUT2D eigenvalue weighted by Gasteiger charge is -2.10. The number of nitrogens with one attached hydrogen (secondary N) is 1. The van der Waals surface area contributed by atoms with Gasteiger partial charge in [-0.25, -0.2) is 9.97 Å². The molecule has 3 nitrogen and oxygen atoms in total. The number of aryl methyl sites for hydroxylation is 2. The summed E-state index contributed by atoms with van der Waals surface area (Å²) in [5.74, 6) is 0.849. The molecule has 4 heteroatoms. The molecule has 3 aromatic rings. The van der Waals surface area contributed by atoms with Crippen molar-refractivity contribution in [2.75, 3.05) is 4.72 Å². The fourth-order valence-corrected chi connectivity index (χ4v) is 2.73. The van der Waals surface area contributed by atoms with E-state index in [4.69, 9.17) is 0 Å². The summed E-state index contributed by atoms with van der Waals surface area (Å²) in [6.45, 7) is 4.19. The highest BCUT2D eigenvalue weighted by molar-refractivity contribution is 8.00. The maximum absolute atomic E-state index is 4.68. The van der Waals surface area contributed by atoms with Crippen LogP contribution in [-0.4, -0.2) is 9.97 Å². The summed E-state index contributed by atoms with van der Waals surface area (Å²) >= 11 is 1.57. The first kappa shape index (κ1) is 13.9. The van der Waals surface area contributed by atoms with Gasteiger partial charge >= 0.3 is 0 Å². The molecule has 1 N–H and O–H groups in total. The number of hydrogen-bond donors (Lipinski definition) is 1. The zero-order chi connectivity index (χ0) is 14.7. The van der Waals surface area contributed by atoms with Gasteiger partial charge in [-0.2, -0.15) is 0 Å². The molecule has 0 saturated heterocycles. The lowest BCUT2D eigenvalue weighted by Crippen LogP contribution is -2.00. The number of anilines is 1. The molecule has 0 fully saturated rings. The SMILES string of the molecule is CCc1nc2ccccc2nc1NSc1ccc(C)cc1. The van der Waals surface area contributed by atoms with Crippen molar-refractivity contribution in [2.24, 2.45) is 0 Å². The minimum atomic E-state index is 0.849. The van der Waals surface area contributed by atoms with Crippen LogP contribution < -0.4 is 4.72 Å². The number of hydrogen-bond acceptors (Lipinski definition) is 4. The summed E-state index contributed by atoms with van der Waals surface area (Å²) in [6.07, 6.45) is 0.856. The number of para-hydroxylation sites is 2. The molecule has 0 unspecified atom stereocenters. The number of aromatic nitrogens is 2. The number of rotatable bonds is 4. The molecule has 0 aliphatic rings. The molecule has 0 spiro atoms. The molecule has 3 rings (SSSR count). The highest BCUT2D eigenvalue weighted by atomic mass is 32.2. The maximum Gasteiger partial charge on any atom is 0.158 e. The Morgan fingerprint density at radius 1 is 0.952 bits per heavy atom. The molecule has 0 atom stereocenters. The fourth-order valence-electron chi connectivity index (χ4n) is 2.08. The van der Waals surface area contributed by atoms with E-state index in [-0.39, 0.29) is 0 Å². The van der Waals surface area contributed by atoms with Gasteiger partial charge in [-0.3, -0.25) is 0 Å². The highest BCUT2D eigenvalue weighted by Crippen LogP contribution is 2.24. The highest BCUT2D eigenvalue weighted by Gasteiger charge is 2.07. The normalized spacial score (nSPS) is 10.8. The third-order valence-electron chi connectivity index (χ3n) is 3.26. The minimum absolute atomic E-state index is 0.849. The van der Waals surface area contributed by atoms with Gasteiger partial charge in [-0.15, -0.1) is 0 Å². The van der Waals surface area contributed by atoms with Crippen molar-refractivity contribution in [1.29, 1.82) is 0 Å². The first-order valence-electron chi connectivity index (χ1n) is 7.01. The van der Waals surface area contributed by atoms with Crippen LogP contribution in [0, 0.1) is 6.92 Å². The first-order chi connectivity index (χ1) is 10.3. The van der Waals surface area contributed by atoms with Gasteiger partial charge in [-0.1, -0.05) is 36.8 Å². The van der Waals surface area contributed by atoms with Crippen molar-refractivity contribution in [2.45, 2.75) is 25.2 Å². The Balaban J connectivity index is 1.86. The predicted molar refractivity (Wildman–Crippen MR) is 89.6 cm³/mol. The quantitative estimate of drug-likeness (QED) is 0.713. The lowest BCUT2D eigenvalue weighted by atomic mass is 10.2. The molecule has 1 heterocycles. The lowest BCUT2D eigenvalue weighted by molar-refractivity contribution is 1.04. The monoisotopic (exact) mass is 295 g/mol. The van der Waals surface area contributed by atoms with Crippen LogP contribution in [0.1, 0.15) is 18.2 Å². The summed E-state index contributed by atoms with van der Waals surface area (Å²) in [5, 5.41) is 0. The summed E-state index contributed by atoms with van der Waals surface area (Å²) in [4.78, 5) is 10.5. The summed E-state index contributed by atoms with van der Waals surface area (Å²) in [6, 6.07) is 16.4. The summed E-state index contributed by atoms with van der Waals surface area (Å²) in [5.41, 5.74) is 4.12. The van der Waals surface area contributed by atoms with Gasteiger partial charge in [0.15, 0.2) is 5.82 Å². The third-order valence-corrected chi connectivity index (χ3v) is 4.07. The molecule has 2 aromatic carbocycles. The summed E-state index contributed by atoms with van der Waals surface area (Å²) < 4.78 is 3.34. The zero-order valence-corrected chi connectivity index (χ0v) is 12.9. The molecule has 0 saturated carbocycles. The second-order valence-electron chi connectivity index (χ2n) is 4.88. The molecule has 0 radical (unpaired) electrons. The molecule has 106 valence electrons. The van der Waals surface area contributed by atoms with Crippen LogP contribution >= 0.6 is 11.9 Å². The van der Waals surface area contributed by atoms with Gasteiger partial charge in [0.05, 0.1) is 16.7 Å². The van der Waals surface area contributed by atoms with E-state index in [1.165, 1.54) is 5.56 Å². The standard InChI is InChI=1S/C17H17N3S/c1-3-14-17(19-16-7-5-4-6-15(16)18-14)20-21-13-10-8-12(2)9-11-13/h4-11H,3H2,1-2H3,(H,19,20). The maximum atomic E-state index is 4.68. The molecule has 0 amide bonds. The molecular weight excluding hydrogens is 278 g/mol. The van der Waals surface area contributed by atoms with E-state index in [1.807, 2.05) is 24.3 Å². The predicted octanol–water partition coefficient (Wildman–Crippen LogP) is 4.62. The van der Waals surface area contributed by atoms with Gasteiger partial charge in [-0.05, 0) is 49.6 Å². The Labute approximate surface area is 129 Å². The van der Waals surface area contributed by atoms with Crippen LogP contribution in [0.15, 0.2) is 53.4 Å². The van der Waals surface area contributed by atoms with Gasteiger partial charge in [0.1, 0.15) is 0 Å². The number of nitrogens with zero attached hydrogens (tertiary/aromatic N) is 2. The molecule has 21 heavy (non-hydrogen) atoms. The molecule has 1 aromatic heterocycles. The van der Waals surface area contributed by atoms with Gasteiger partial charge in [0.2, 0.25) is 0 Å². The topological polar surface area (TPSA) is 37.8 Å². The van der Waals surface area contributed by atoms with E-state index in [0.717, 1.165) is 33.9 Å². The molecule has 0 aliphatic heterocycles. The van der Waals surface area contributed by atoms with Crippen LogP contribution in [0.2, 0.25) is 0 Å². The Bertz CT molecular complexity index is 754. The van der Waals surface area contributed by atoms with Crippen molar-refractivity contribution in [3.63, 3.8) is 0 Å². The molecule has 0 aliphatic carbocycles. The Morgan fingerprint density at radius 3 is 2.29 bits per heavy atom. The van der Waals surface area contributed by atoms with Gasteiger partial charge in [0.25, 0.3) is 0 Å². The average molecular weight is 295 g/mol. The van der Waals surface area contributed by atoms with E-state index in [9.17, 15) is 0 Å². The molecule has 0 bridgehead atoms. The van der Waals surface area contributed by atoms with E-state index < -0.39 is 0 Å². The number of fused-ring (bicyclic) bond motifs is 1. The van der Waals surface area contributed by atoms with E-state index >= 15 is 0 Å². The van der Waals surface area contributed by atoms with Gasteiger partial charge in [0, 0.05) is 4.90 Å². The van der Waals surface area contributed by atoms with Crippen molar-refractivity contribution in [1.82, 2.24) is 9.97 Å². The smallest absolute Gasteiger partial charge is 0.158 e. The van der Waals surface area contributed by atoms with Crippen LogP contribution in [0.4, 0.5) is 5.82 Å². The number of benzene rings is 2. The summed E-state index contributed by atoms with van der Waals surface area (Å²) in [7, 11) is 0. The third kappa shape index (κ3) is 3.16.